The van der Waals surface area contributed by atoms with Gasteiger partial charge in [-0.1, -0.05) is 0 Å². The Hall–Kier alpha value is -1.62. The molecule has 0 spiro atoms. The average Bonchev–Trinajstić information content (AvgIpc) is 2.47. The Morgan fingerprint density at radius 2 is 2.31 bits per heavy atom. The van der Waals surface area contributed by atoms with Crippen LogP contribution in [0.25, 0.3) is 5.65 Å². The molecule has 5 nitrogen and oxygen atoms in total. The summed E-state index contributed by atoms with van der Waals surface area (Å²) in [5, 5.41) is 3.89. The Balaban J connectivity index is 0.000000845. The molecule has 2 aromatic heterocycles. The van der Waals surface area contributed by atoms with Crippen LogP contribution < -0.4 is 5.73 Å². The third-order valence-electron chi connectivity index (χ3n) is 1.54. The van der Waals surface area contributed by atoms with Crippen molar-refractivity contribution in [3.63, 3.8) is 0 Å². The van der Waals surface area contributed by atoms with Crippen LogP contribution in [-0.2, 0) is 0 Å². The molecule has 0 radical (unpaired) electrons. The molecule has 2 N–H and O–H groups in total. The number of primary amides is 1. The standard InChI is InChI=1S/C7H6N4O.ClH/c8-6(12)5-4-10-11-3-1-2-9-7(5)11;/h1-4H,(H2,8,12);1H. The molecule has 0 aromatic carbocycles. The van der Waals surface area contributed by atoms with Gasteiger partial charge in [-0.2, -0.15) is 5.10 Å². The molecular weight excluding hydrogens is 192 g/mol. The molecule has 0 aliphatic heterocycles. The second-order valence-corrected chi connectivity index (χ2v) is 2.31. The van der Waals surface area contributed by atoms with Gasteiger partial charge in [-0.3, -0.25) is 4.79 Å². The predicted molar refractivity (Wildman–Crippen MR) is 48.8 cm³/mol. The molecule has 1 amide bonds. The first-order valence-corrected chi connectivity index (χ1v) is 3.37. The Bertz CT molecular complexity index is 439. The number of hydrogen-bond donors (Lipinski definition) is 1. The van der Waals surface area contributed by atoms with E-state index in [9.17, 15) is 4.79 Å². The van der Waals surface area contributed by atoms with Crippen LogP contribution >= 0.6 is 12.4 Å². The maximum atomic E-state index is 10.8. The predicted octanol–water partition coefficient (Wildman–Crippen LogP) is 0.250. The highest BCUT2D eigenvalue weighted by molar-refractivity contribution is 5.98. The molecule has 6 heteroatoms. The second-order valence-electron chi connectivity index (χ2n) is 2.31. The van der Waals surface area contributed by atoms with E-state index in [4.69, 9.17) is 5.73 Å². The highest BCUT2D eigenvalue weighted by Crippen LogP contribution is 2.04. The summed E-state index contributed by atoms with van der Waals surface area (Å²) in [6.45, 7) is 0. The summed E-state index contributed by atoms with van der Waals surface area (Å²) in [4.78, 5) is 14.8. The van der Waals surface area contributed by atoms with Crippen LogP contribution in [0.3, 0.4) is 0 Å². The van der Waals surface area contributed by atoms with Crippen LogP contribution in [0.1, 0.15) is 10.4 Å². The van der Waals surface area contributed by atoms with Gasteiger partial charge in [0.2, 0.25) is 0 Å². The van der Waals surface area contributed by atoms with Crippen LogP contribution in [0, 0.1) is 0 Å². The molecule has 13 heavy (non-hydrogen) atoms. The van der Waals surface area contributed by atoms with Gasteiger partial charge in [-0.15, -0.1) is 12.4 Å². The fourth-order valence-corrected chi connectivity index (χ4v) is 1.00. The first-order chi connectivity index (χ1) is 5.79. The zero-order valence-electron chi connectivity index (χ0n) is 6.54. The van der Waals surface area contributed by atoms with Crippen molar-refractivity contribution < 1.29 is 4.79 Å². The summed E-state index contributed by atoms with van der Waals surface area (Å²) in [6.07, 6.45) is 4.70. The van der Waals surface area contributed by atoms with E-state index in [-0.39, 0.29) is 12.4 Å². The third-order valence-corrected chi connectivity index (χ3v) is 1.54. The van der Waals surface area contributed by atoms with E-state index in [2.05, 4.69) is 10.1 Å². The fourth-order valence-electron chi connectivity index (χ4n) is 1.00. The molecule has 0 saturated heterocycles. The van der Waals surface area contributed by atoms with Gasteiger partial charge in [0.1, 0.15) is 5.56 Å². The molecule has 0 atom stereocenters. The first kappa shape index (κ1) is 9.47. The summed E-state index contributed by atoms with van der Waals surface area (Å²) in [6, 6.07) is 1.73. The third kappa shape index (κ3) is 1.46. The minimum absolute atomic E-state index is 0. The zero-order chi connectivity index (χ0) is 8.55. The van der Waals surface area contributed by atoms with Crippen LogP contribution in [0.2, 0.25) is 0 Å². The number of nitrogens with zero attached hydrogens (tertiary/aromatic N) is 3. The summed E-state index contributed by atoms with van der Waals surface area (Å²) >= 11 is 0. The van der Waals surface area contributed by atoms with Crippen molar-refractivity contribution in [2.24, 2.45) is 5.73 Å². The van der Waals surface area contributed by atoms with E-state index in [0.29, 0.717) is 11.2 Å². The lowest BCUT2D eigenvalue weighted by Crippen LogP contribution is -2.10. The lowest BCUT2D eigenvalue weighted by atomic mass is 10.3. The lowest BCUT2D eigenvalue weighted by Gasteiger charge is -1.90. The largest absolute Gasteiger partial charge is 0.365 e. The van der Waals surface area contributed by atoms with Crippen molar-refractivity contribution in [3.05, 3.63) is 30.2 Å². The van der Waals surface area contributed by atoms with Gasteiger partial charge in [0.25, 0.3) is 5.91 Å². The molecule has 0 bridgehead atoms. The normalized spacial score (nSPS) is 9.54. The van der Waals surface area contributed by atoms with E-state index in [1.54, 1.807) is 18.5 Å². The van der Waals surface area contributed by atoms with Crippen LogP contribution in [0.5, 0.6) is 0 Å². The van der Waals surface area contributed by atoms with Gasteiger partial charge in [0.15, 0.2) is 5.65 Å². The number of rotatable bonds is 1. The monoisotopic (exact) mass is 198 g/mol. The lowest BCUT2D eigenvalue weighted by molar-refractivity contribution is 0.100. The quantitative estimate of drug-likeness (QED) is 0.714. The molecule has 0 aliphatic carbocycles. The summed E-state index contributed by atoms with van der Waals surface area (Å²) in [7, 11) is 0. The molecule has 2 heterocycles. The molecule has 0 fully saturated rings. The first-order valence-electron chi connectivity index (χ1n) is 3.37. The molecule has 0 unspecified atom stereocenters. The molecular formula is C7H7ClN4O. The number of fused-ring (bicyclic) bond motifs is 1. The molecule has 0 saturated carbocycles. The number of nitrogens with two attached hydrogens (primary N) is 1. The maximum absolute atomic E-state index is 10.8. The summed E-state index contributed by atoms with van der Waals surface area (Å²) < 4.78 is 1.50. The smallest absolute Gasteiger partial charge is 0.254 e. The number of carbonyl (C=O) groups excluding carboxylic acids is 1. The second kappa shape index (κ2) is 3.40. The van der Waals surface area contributed by atoms with Gasteiger partial charge >= 0.3 is 0 Å². The molecule has 68 valence electrons. The van der Waals surface area contributed by atoms with E-state index in [1.165, 1.54) is 10.7 Å². The SMILES string of the molecule is Cl.NC(=O)c1cnn2cccnc12. The van der Waals surface area contributed by atoms with Crippen molar-refractivity contribution in [2.75, 3.05) is 0 Å². The average molecular weight is 199 g/mol. The highest BCUT2D eigenvalue weighted by Gasteiger charge is 2.08. The van der Waals surface area contributed by atoms with Crippen molar-refractivity contribution >= 4 is 24.0 Å². The van der Waals surface area contributed by atoms with E-state index < -0.39 is 5.91 Å². The molecule has 2 rings (SSSR count). The fraction of sp³-hybridized carbons (Fsp3) is 0. The van der Waals surface area contributed by atoms with Crippen molar-refractivity contribution in [3.8, 4) is 0 Å². The Morgan fingerprint density at radius 1 is 1.54 bits per heavy atom. The van der Waals surface area contributed by atoms with Crippen LogP contribution in [0.4, 0.5) is 0 Å². The van der Waals surface area contributed by atoms with Crippen molar-refractivity contribution in [1.29, 1.82) is 0 Å². The minimum atomic E-state index is -0.510. The van der Waals surface area contributed by atoms with Gasteiger partial charge in [-0.05, 0) is 6.07 Å². The minimum Gasteiger partial charge on any atom is -0.365 e. The van der Waals surface area contributed by atoms with E-state index in [0.717, 1.165) is 0 Å². The van der Waals surface area contributed by atoms with Crippen LogP contribution in [0.15, 0.2) is 24.7 Å². The Morgan fingerprint density at radius 3 is 3.00 bits per heavy atom. The summed E-state index contributed by atoms with van der Waals surface area (Å²) in [5.74, 6) is -0.510. The topological polar surface area (TPSA) is 73.3 Å². The number of hydrogen-bond acceptors (Lipinski definition) is 3. The van der Waals surface area contributed by atoms with E-state index >= 15 is 0 Å². The number of halogens is 1. The highest BCUT2D eigenvalue weighted by atomic mass is 35.5. The van der Waals surface area contributed by atoms with Crippen molar-refractivity contribution in [1.82, 2.24) is 14.6 Å². The summed E-state index contributed by atoms with van der Waals surface area (Å²) in [5.41, 5.74) is 5.93. The Labute approximate surface area is 80.0 Å². The molecule has 2 aromatic rings. The van der Waals surface area contributed by atoms with Gasteiger partial charge in [0, 0.05) is 12.4 Å². The number of amides is 1. The van der Waals surface area contributed by atoms with Gasteiger partial charge < -0.3 is 5.73 Å². The van der Waals surface area contributed by atoms with E-state index in [1.807, 2.05) is 0 Å². The Kier molecular flexibility index (Phi) is 2.48. The number of aromatic nitrogens is 3. The molecule has 0 aliphatic rings. The van der Waals surface area contributed by atoms with Gasteiger partial charge in [-0.25, -0.2) is 9.50 Å². The number of carbonyl (C=O) groups is 1. The maximum Gasteiger partial charge on any atom is 0.254 e. The zero-order valence-corrected chi connectivity index (χ0v) is 7.36. The van der Waals surface area contributed by atoms with Crippen LogP contribution in [-0.4, -0.2) is 20.5 Å². The van der Waals surface area contributed by atoms with Crippen molar-refractivity contribution in [2.45, 2.75) is 0 Å². The van der Waals surface area contributed by atoms with Gasteiger partial charge in [0.05, 0.1) is 6.20 Å².